The van der Waals surface area contributed by atoms with Crippen LogP contribution in [-0.2, 0) is 4.84 Å². The molecule has 0 bridgehead atoms. The van der Waals surface area contributed by atoms with Crippen molar-refractivity contribution in [2.24, 2.45) is 5.16 Å². The Morgan fingerprint density at radius 2 is 2.14 bits per heavy atom. The van der Waals surface area contributed by atoms with Gasteiger partial charge in [0.15, 0.2) is 0 Å². The van der Waals surface area contributed by atoms with Crippen LogP contribution in [0.15, 0.2) is 17.3 Å². The standard InChI is InChI=1S/C10H18N2O2/c1-4-6-7-8-9(5-2)12-14-10(13)11-3/h6-7H,4-5,8H2,1-3H3,(H,11,13). The van der Waals surface area contributed by atoms with E-state index >= 15 is 0 Å². The van der Waals surface area contributed by atoms with Crippen LogP contribution in [-0.4, -0.2) is 18.9 Å². The van der Waals surface area contributed by atoms with E-state index in [1.54, 1.807) is 0 Å². The fourth-order valence-corrected chi connectivity index (χ4v) is 0.784. The Kier molecular flexibility index (Phi) is 7.50. The van der Waals surface area contributed by atoms with Gasteiger partial charge in [-0.2, -0.15) is 0 Å². The third kappa shape index (κ3) is 6.22. The van der Waals surface area contributed by atoms with Gasteiger partial charge in [-0.1, -0.05) is 31.2 Å². The van der Waals surface area contributed by atoms with Crippen molar-refractivity contribution < 1.29 is 9.63 Å². The van der Waals surface area contributed by atoms with Crippen LogP contribution in [0.2, 0.25) is 0 Å². The van der Waals surface area contributed by atoms with E-state index in [1.165, 1.54) is 7.05 Å². The van der Waals surface area contributed by atoms with Gasteiger partial charge in [0.2, 0.25) is 0 Å². The van der Waals surface area contributed by atoms with E-state index in [0.717, 1.165) is 25.0 Å². The molecular weight excluding hydrogens is 180 g/mol. The molecule has 0 unspecified atom stereocenters. The second kappa shape index (κ2) is 8.29. The molecule has 0 rings (SSSR count). The van der Waals surface area contributed by atoms with Gasteiger partial charge in [0.05, 0.1) is 5.71 Å². The van der Waals surface area contributed by atoms with Crippen LogP contribution in [0.3, 0.4) is 0 Å². The molecule has 0 aliphatic rings. The monoisotopic (exact) mass is 198 g/mol. The van der Waals surface area contributed by atoms with E-state index in [-0.39, 0.29) is 0 Å². The molecule has 0 aromatic heterocycles. The molecular formula is C10H18N2O2. The van der Waals surface area contributed by atoms with Gasteiger partial charge in [-0.25, -0.2) is 4.79 Å². The minimum absolute atomic E-state index is 0.532. The predicted molar refractivity (Wildman–Crippen MR) is 57.3 cm³/mol. The predicted octanol–water partition coefficient (Wildman–Crippen LogP) is 2.46. The summed E-state index contributed by atoms with van der Waals surface area (Å²) in [6.07, 6.45) is 6.08. The second-order valence-electron chi connectivity index (χ2n) is 2.72. The summed E-state index contributed by atoms with van der Waals surface area (Å²) in [5.41, 5.74) is 0.860. The average molecular weight is 198 g/mol. The Labute approximate surface area is 85.0 Å². The molecule has 0 aromatic rings. The molecule has 0 aliphatic carbocycles. The third-order valence-corrected chi connectivity index (χ3v) is 1.63. The number of rotatable bonds is 5. The lowest BCUT2D eigenvalue weighted by atomic mass is 10.2. The van der Waals surface area contributed by atoms with Crippen molar-refractivity contribution >= 4 is 11.8 Å². The van der Waals surface area contributed by atoms with Gasteiger partial charge in [0.1, 0.15) is 0 Å². The van der Waals surface area contributed by atoms with Crippen LogP contribution >= 0.6 is 0 Å². The Morgan fingerprint density at radius 1 is 1.43 bits per heavy atom. The molecule has 0 saturated heterocycles. The molecule has 0 atom stereocenters. The molecule has 14 heavy (non-hydrogen) atoms. The molecule has 0 aromatic carbocycles. The second-order valence-corrected chi connectivity index (χ2v) is 2.72. The summed E-state index contributed by atoms with van der Waals surface area (Å²) >= 11 is 0. The van der Waals surface area contributed by atoms with Gasteiger partial charge >= 0.3 is 6.09 Å². The number of carbonyl (C=O) groups excluding carboxylic acids is 1. The molecule has 0 spiro atoms. The normalized spacial score (nSPS) is 11.8. The number of hydrogen-bond donors (Lipinski definition) is 1. The van der Waals surface area contributed by atoms with Gasteiger partial charge in [0.25, 0.3) is 0 Å². The van der Waals surface area contributed by atoms with Crippen molar-refractivity contribution in [3.63, 3.8) is 0 Å². The zero-order valence-corrected chi connectivity index (χ0v) is 9.04. The molecule has 1 amide bonds. The fourth-order valence-electron chi connectivity index (χ4n) is 0.784. The van der Waals surface area contributed by atoms with Gasteiger partial charge < -0.3 is 5.32 Å². The maximum atomic E-state index is 10.7. The van der Waals surface area contributed by atoms with Gasteiger partial charge in [-0.05, 0) is 12.8 Å². The van der Waals surface area contributed by atoms with Crippen LogP contribution in [0.1, 0.15) is 33.1 Å². The molecule has 1 N–H and O–H groups in total. The van der Waals surface area contributed by atoms with Crippen molar-refractivity contribution in [1.29, 1.82) is 0 Å². The summed E-state index contributed by atoms with van der Waals surface area (Å²) in [5, 5.41) is 6.06. The average Bonchev–Trinajstić information content (AvgIpc) is 2.22. The molecule has 4 nitrogen and oxygen atoms in total. The highest BCUT2D eigenvalue weighted by atomic mass is 16.7. The molecule has 0 radical (unpaired) electrons. The Hall–Kier alpha value is -1.32. The van der Waals surface area contributed by atoms with Crippen molar-refractivity contribution in [2.75, 3.05) is 7.05 Å². The molecule has 0 fully saturated rings. The number of allylic oxidation sites excluding steroid dienone is 2. The number of amides is 1. The lowest BCUT2D eigenvalue weighted by molar-refractivity contribution is 0.152. The number of nitrogens with one attached hydrogen (secondary N) is 1. The highest BCUT2D eigenvalue weighted by Crippen LogP contribution is 1.96. The zero-order valence-electron chi connectivity index (χ0n) is 9.04. The summed E-state index contributed by atoms with van der Waals surface area (Å²) in [7, 11) is 1.50. The first-order valence-corrected chi connectivity index (χ1v) is 4.84. The first-order valence-electron chi connectivity index (χ1n) is 4.84. The van der Waals surface area contributed by atoms with E-state index in [2.05, 4.69) is 28.3 Å². The van der Waals surface area contributed by atoms with Crippen LogP contribution < -0.4 is 5.32 Å². The van der Waals surface area contributed by atoms with Gasteiger partial charge in [-0.3, -0.25) is 4.84 Å². The number of hydrogen-bond acceptors (Lipinski definition) is 3. The smallest absolute Gasteiger partial charge is 0.323 e. The topological polar surface area (TPSA) is 50.7 Å². The highest BCUT2D eigenvalue weighted by Gasteiger charge is 1.98. The summed E-state index contributed by atoms with van der Waals surface area (Å²) in [6, 6.07) is 0. The highest BCUT2D eigenvalue weighted by molar-refractivity contribution is 5.85. The van der Waals surface area contributed by atoms with Crippen LogP contribution in [0.25, 0.3) is 0 Å². The van der Waals surface area contributed by atoms with E-state index in [4.69, 9.17) is 0 Å². The van der Waals surface area contributed by atoms with Crippen LogP contribution in [0, 0.1) is 0 Å². The Balaban J connectivity index is 3.98. The van der Waals surface area contributed by atoms with Gasteiger partial charge in [0, 0.05) is 13.5 Å². The minimum Gasteiger partial charge on any atom is -0.323 e. The lowest BCUT2D eigenvalue weighted by Crippen LogP contribution is -2.17. The molecule has 4 heteroatoms. The SMILES string of the molecule is CCC=CCC(CC)=NOC(=O)NC. The largest absolute Gasteiger partial charge is 0.433 e. The number of nitrogens with zero attached hydrogens (tertiary/aromatic N) is 1. The maximum absolute atomic E-state index is 10.7. The first-order chi connectivity index (χ1) is 6.74. The van der Waals surface area contributed by atoms with Crippen molar-refractivity contribution in [3.05, 3.63) is 12.2 Å². The van der Waals surface area contributed by atoms with E-state index in [0.29, 0.717) is 0 Å². The van der Waals surface area contributed by atoms with E-state index in [1.807, 2.05) is 13.0 Å². The Bertz CT molecular complexity index is 222. The fraction of sp³-hybridized carbons (Fsp3) is 0.600. The Morgan fingerprint density at radius 3 is 2.64 bits per heavy atom. The number of carbonyl (C=O) groups is 1. The van der Waals surface area contributed by atoms with Crippen LogP contribution in [0.4, 0.5) is 4.79 Å². The molecule has 80 valence electrons. The molecule has 0 saturated carbocycles. The van der Waals surface area contributed by atoms with E-state index in [9.17, 15) is 4.79 Å². The summed E-state index contributed by atoms with van der Waals surface area (Å²) < 4.78 is 0. The summed E-state index contributed by atoms with van der Waals surface area (Å²) in [6.45, 7) is 4.05. The van der Waals surface area contributed by atoms with Crippen molar-refractivity contribution in [1.82, 2.24) is 5.32 Å². The van der Waals surface area contributed by atoms with Gasteiger partial charge in [-0.15, -0.1) is 0 Å². The lowest BCUT2D eigenvalue weighted by Gasteiger charge is -1.99. The minimum atomic E-state index is -0.532. The quantitative estimate of drug-likeness (QED) is 0.319. The molecule has 0 aliphatic heterocycles. The maximum Gasteiger partial charge on any atom is 0.433 e. The molecule has 0 heterocycles. The number of oxime groups is 1. The first kappa shape index (κ1) is 12.7. The summed E-state index contributed by atoms with van der Waals surface area (Å²) in [5.74, 6) is 0. The van der Waals surface area contributed by atoms with Crippen LogP contribution in [0.5, 0.6) is 0 Å². The summed E-state index contributed by atoms with van der Waals surface area (Å²) in [4.78, 5) is 15.3. The van der Waals surface area contributed by atoms with E-state index < -0.39 is 6.09 Å². The third-order valence-electron chi connectivity index (χ3n) is 1.63. The van der Waals surface area contributed by atoms with Crippen molar-refractivity contribution in [3.8, 4) is 0 Å². The zero-order chi connectivity index (χ0) is 10.8. The van der Waals surface area contributed by atoms with Crippen molar-refractivity contribution in [2.45, 2.75) is 33.1 Å².